The van der Waals surface area contributed by atoms with Gasteiger partial charge in [0.1, 0.15) is 11.8 Å². The van der Waals surface area contributed by atoms with E-state index in [0.29, 0.717) is 5.56 Å². The van der Waals surface area contributed by atoms with Gasteiger partial charge in [-0.05, 0) is 30.7 Å². The number of anilines is 1. The van der Waals surface area contributed by atoms with Gasteiger partial charge in [-0.25, -0.2) is 0 Å². The summed E-state index contributed by atoms with van der Waals surface area (Å²) >= 11 is 0. The molecule has 1 unspecified atom stereocenters. The van der Waals surface area contributed by atoms with Crippen LogP contribution in [0.25, 0.3) is 0 Å². The van der Waals surface area contributed by atoms with E-state index < -0.39 is 0 Å². The number of benzene rings is 1. The van der Waals surface area contributed by atoms with Crippen molar-refractivity contribution in [3.05, 3.63) is 53.9 Å². The number of rotatable bonds is 4. The minimum atomic E-state index is 0.0629. The summed E-state index contributed by atoms with van der Waals surface area (Å²) in [5.74, 6) is 0.722. The van der Waals surface area contributed by atoms with Gasteiger partial charge in [0, 0.05) is 18.5 Å². The molecule has 0 spiro atoms. The van der Waals surface area contributed by atoms with E-state index in [4.69, 9.17) is 10.00 Å². The molecule has 0 aliphatic carbocycles. The molecule has 0 radical (unpaired) electrons. The largest absolute Gasteiger partial charge is 0.497 e. The molecule has 1 heterocycles. The zero-order chi connectivity index (χ0) is 13.7. The Morgan fingerprint density at radius 1 is 1.37 bits per heavy atom. The third kappa shape index (κ3) is 3.02. The monoisotopic (exact) mass is 253 g/mol. The van der Waals surface area contributed by atoms with Gasteiger partial charge in [-0.2, -0.15) is 5.26 Å². The Hall–Kier alpha value is -2.54. The molecule has 1 aromatic heterocycles. The van der Waals surface area contributed by atoms with Crippen LogP contribution in [0.15, 0.2) is 42.7 Å². The molecule has 19 heavy (non-hydrogen) atoms. The quantitative estimate of drug-likeness (QED) is 0.909. The second kappa shape index (κ2) is 5.87. The van der Waals surface area contributed by atoms with Crippen molar-refractivity contribution in [1.29, 1.82) is 5.26 Å². The van der Waals surface area contributed by atoms with Gasteiger partial charge < -0.3 is 10.1 Å². The number of nitrogens with one attached hydrogen (secondary N) is 1. The lowest BCUT2D eigenvalue weighted by Crippen LogP contribution is -2.08. The van der Waals surface area contributed by atoms with Crippen molar-refractivity contribution >= 4 is 5.69 Å². The van der Waals surface area contributed by atoms with Crippen LogP contribution in [-0.4, -0.2) is 12.1 Å². The molecular weight excluding hydrogens is 238 g/mol. The third-order valence-corrected chi connectivity index (χ3v) is 2.90. The van der Waals surface area contributed by atoms with Crippen LogP contribution in [0.1, 0.15) is 24.1 Å². The normalized spacial score (nSPS) is 11.4. The van der Waals surface area contributed by atoms with E-state index in [-0.39, 0.29) is 6.04 Å². The van der Waals surface area contributed by atoms with Crippen LogP contribution in [0.5, 0.6) is 5.75 Å². The molecule has 0 saturated heterocycles. The fourth-order valence-corrected chi connectivity index (χ4v) is 1.82. The molecule has 0 aliphatic heterocycles. The Kier molecular flexibility index (Phi) is 3.99. The minimum Gasteiger partial charge on any atom is -0.497 e. The number of methoxy groups -OCH3 is 1. The maximum Gasteiger partial charge on any atom is 0.121 e. The first kappa shape index (κ1) is 12.9. The highest BCUT2D eigenvalue weighted by molar-refractivity contribution is 5.61. The zero-order valence-corrected chi connectivity index (χ0v) is 10.9. The van der Waals surface area contributed by atoms with Gasteiger partial charge in [0.2, 0.25) is 0 Å². The molecule has 0 amide bonds. The summed E-state index contributed by atoms with van der Waals surface area (Å²) in [6.45, 7) is 2.03. The van der Waals surface area contributed by atoms with Crippen LogP contribution >= 0.6 is 0 Å². The average Bonchev–Trinajstić information content (AvgIpc) is 2.48. The van der Waals surface area contributed by atoms with E-state index in [1.54, 1.807) is 25.4 Å². The van der Waals surface area contributed by atoms with Gasteiger partial charge >= 0.3 is 0 Å². The first-order valence-electron chi connectivity index (χ1n) is 5.99. The smallest absolute Gasteiger partial charge is 0.121 e. The van der Waals surface area contributed by atoms with Crippen LogP contribution in [0, 0.1) is 11.3 Å². The summed E-state index contributed by atoms with van der Waals surface area (Å²) in [5.41, 5.74) is 2.42. The molecule has 0 aliphatic rings. The fraction of sp³-hybridized carbons (Fsp3) is 0.200. The lowest BCUT2D eigenvalue weighted by molar-refractivity contribution is 0.415. The summed E-state index contributed by atoms with van der Waals surface area (Å²) in [4.78, 5) is 4.09. The maximum atomic E-state index is 9.12. The Bertz CT molecular complexity index is 590. The van der Waals surface area contributed by atoms with E-state index in [1.807, 2.05) is 31.3 Å². The molecule has 0 fully saturated rings. The van der Waals surface area contributed by atoms with Crippen LogP contribution in [-0.2, 0) is 0 Å². The topological polar surface area (TPSA) is 57.9 Å². The van der Waals surface area contributed by atoms with Crippen LogP contribution in [0.3, 0.4) is 0 Å². The molecule has 1 aromatic carbocycles. The predicted molar refractivity (Wildman–Crippen MR) is 74.0 cm³/mol. The van der Waals surface area contributed by atoms with Crippen molar-refractivity contribution in [3.8, 4) is 11.8 Å². The van der Waals surface area contributed by atoms with Crippen LogP contribution in [0.2, 0.25) is 0 Å². The molecule has 1 atom stereocenters. The van der Waals surface area contributed by atoms with Crippen molar-refractivity contribution in [1.82, 2.24) is 4.98 Å². The van der Waals surface area contributed by atoms with Gasteiger partial charge in [-0.1, -0.05) is 6.07 Å². The molecular formula is C15H15N3O. The van der Waals surface area contributed by atoms with Crippen molar-refractivity contribution in [2.24, 2.45) is 0 Å². The standard InChI is InChI=1S/C15H15N3O/c1-11(13-4-3-7-17-10-13)18-15-8-14(19-2)6-5-12(15)9-16/h3-8,10-11,18H,1-2H3. The second-order valence-electron chi connectivity index (χ2n) is 4.18. The second-order valence-corrected chi connectivity index (χ2v) is 4.18. The SMILES string of the molecule is COc1ccc(C#N)c(NC(C)c2cccnc2)c1. The highest BCUT2D eigenvalue weighted by Gasteiger charge is 2.09. The van der Waals surface area contributed by atoms with E-state index in [9.17, 15) is 0 Å². The minimum absolute atomic E-state index is 0.0629. The van der Waals surface area contributed by atoms with Crippen LogP contribution in [0.4, 0.5) is 5.69 Å². The molecule has 2 aromatic rings. The first-order chi connectivity index (χ1) is 9.24. The van der Waals surface area contributed by atoms with Crippen molar-refractivity contribution < 1.29 is 4.74 Å². The zero-order valence-electron chi connectivity index (χ0n) is 10.9. The number of hydrogen-bond acceptors (Lipinski definition) is 4. The lowest BCUT2D eigenvalue weighted by atomic mass is 10.1. The third-order valence-electron chi connectivity index (χ3n) is 2.90. The van der Waals surface area contributed by atoms with Crippen molar-refractivity contribution in [3.63, 3.8) is 0 Å². The summed E-state index contributed by atoms with van der Waals surface area (Å²) < 4.78 is 5.18. The van der Waals surface area contributed by atoms with Gasteiger partial charge in [-0.3, -0.25) is 4.98 Å². The maximum absolute atomic E-state index is 9.12. The highest BCUT2D eigenvalue weighted by atomic mass is 16.5. The molecule has 2 rings (SSSR count). The summed E-state index contributed by atoms with van der Waals surface area (Å²) in [6.07, 6.45) is 3.55. The predicted octanol–water partition coefficient (Wildman–Crippen LogP) is 3.13. The Balaban J connectivity index is 2.25. The molecule has 1 N–H and O–H groups in total. The average molecular weight is 253 g/mol. The number of pyridine rings is 1. The molecule has 4 nitrogen and oxygen atoms in total. The van der Waals surface area contributed by atoms with Crippen molar-refractivity contribution in [2.75, 3.05) is 12.4 Å². The first-order valence-corrected chi connectivity index (χ1v) is 5.99. The summed E-state index contributed by atoms with van der Waals surface area (Å²) in [6, 6.07) is 11.5. The van der Waals surface area contributed by atoms with E-state index in [2.05, 4.69) is 16.4 Å². The van der Waals surface area contributed by atoms with Crippen LogP contribution < -0.4 is 10.1 Å². The lowest BCUT2D eigenvalue weighted by Gasteiger charge is -2.17. The summed E-state index contributed by atoms with van der Waals surface area (Å²) in [7, 11) is 1.61. The van der Waals surface area contributed by atoms with Gasteiger partial charge in [-0.15, -0.1) is 0 Å². The molecule has 0 bridgehead atoms. The fourth-order valence-electron chi connectivity index (χ4n) is 1.82. The van der Waals surface area contributed by atoms with E-state index in [0.717, 1.165) is 17.0 Å². The van der Waals surface area contributed by atoms with Crippen molar-refractivity contribution in [2.45, 2.75) is 13.0 Å². The molecule has 4 heteroatoms. The number of hydrogen-bond donors (Lipinski definition) is 1. The number of aromatic nitrogens is 1. The van der Waals surface area contributed by atoms with Gasteiger partial charge in [0.15, 0.2) is 0 Å². The Morgan fingerprint density at radius 3 is 2.84 bits per heavy atom. The summed E-state index contributed by atoms with van der Waals surface area (Å²) in [5, 5.41) is 12.4. The Morgan fingerprint density at radius 2 is 2.21 bits per heavy atom. The number of nitriles is 1. The number of nitrogens with zero attached hydrogens (tertiary/aromatic N) is 2. The molecule has 0 saturated carbocycles. The van der Waals surface area contributed by atoms with E-state index >= 15 is 0 Å². The van der Waals surface area contributed by atoms with Gasteiger partial charge in [0.25, 0.3) is 0 Å². The highest BCUT2D eigenvalue weighted by Crippen LogP contribution is 2.25. The van der Waals surface area contributed by atoms with Gasteiger partial charge in [0.05, 0.1) is 24.4 Å². The Labute approximate surface area is 112 Å². The number of ether oxygens (including phenoxy) is 1. The molecule has 96 valence electrons. The van der Waals surface area contributed by atoms with E-state index in [1.165, 1.54) is 0 Å².